The molecule has 106 valence electrons. The van der Waals surface area contributed by atoms with Crippen molar-refractivity contribution in [3.05, 3.63) is 40.2 Å². The molecule has 9 heteroatoms. The van der Waals surface area contributed by atoms with Gasteiger partial charge in [-0.05, 0) is 12.1 Å². The van der Waals surface area contributed by atoms with Crippen LogP contribution in [0.25, 0.3) is 0 Å². The van der Waals surface area contributed by atoms with E-state index >= 15 is 0 Å². The molecule has 2 aromatic rings. The minimum Gasteiger partial charge on any atom is -0.364 e. The van der Waals surface area contributed by atoms with Crippen LogP contribution < -0.4 is 16.6 Å². The van der Waals surface area contributed by atoms with E-state index in [-0.39, 0.29) is 11.5 Å². The number of aromatic nitrogens is 3. The van der Waals surface area contributed by atoms with Crippen molar-refractivity contribution in [2.45, 2.75) is 6.42 Å². The molecule has 0 saturated heterocycles. The summed E-state index contributed by atoms with van der Waals surface area (Å²) in [7, 11) is 1.84. The Morgan fingerprint density at radius 3 is 2.85 bits per heavy atom. The third-order valence-electron chi connectivity index (χ3n) is 2.81. The molecule has 0 aliphatic carbocycles. The zero-order valence-electron chi connectivity index (χ0n) is 10.9. The summed E-state index contributed by atoms with van der Waals surface area (Å²) in [5.41, 5.74) is 3.29. The van der Waals surface area contributed by atoms with Crippen LogP contribution in [0.15, 0.2) is 24.4 Å². The Morgan fingerprint density at radius 1 is 1.45 bits per heavy atom. The molecular weight excluding hydrogens is 262 g/mol. The number of rotatable bonds is 6. The molecule has 0 atom stereocenters. The number of nitro groups is 1. The van der Waals surface area contributed by atoms with Crippen molar-refractivity contribution >= 4 is 17.3 Å². The van der Waals surface area contributed by atoms with E-state index < -0.39 is 4.92 Å². The van der Waals surface area contributed by atoms with Crippen LogP contribution in [0.5, 0.6) is 0 Å². The van der Waals surface area contributed by atoms with Crippen LogP contribution >= 0.6 is 0 Å². The molecule has 0 fully saturated rings. The maximum Gasteiger partial charge on any atom is 0.311 e. The van der Waals surface area contributed by atoms with E-state index in [4.69, 9.17) is 5.84 Å². The number of nitrogens with one attached hydrogen (secondary N) is 2. The van der Waals surface area contributed by atoms with Gasteiger partial charge in [-0.25, -0.2) is 10.8 Å². The lowest BCUT2D eigenvalue weighted by molar-refractivity contribution is -0.384. The van der Waals surface area contributed by atoms with Crippen molar-refractivity contribution in [2.24, 2.45) is 12.9 Å². The fourth-order valence-corrected chi connectivity index (χ4v) is 1.77. The molecule has 0 aliphatic heterocycles. The summed E-state index contributed by atoms with van der Waals surface area (Å²) in [5.74, 6) is 5.80. The molecule has 2 heterocycles. The maximum atomic E-state index is 10.9. The fourth-order valence-electron chi connectivity index (χ4n) is 1.77. The van der Waals surface area contributed by atoms with Gasteiger partial charge in [0.1, 0.15) is 5.82 Å². The second-order valence-electron chi connectivity index (χ2n) is 4.09. The van der Waals surface area contributed by atoms with E-state index in [1.54, 1.807) is 10.9 Å². The minimum absolute atomic E-state index is 0.0889. The number of nitrogens with zero attached hydrogens (tertiary/aromatic N) is 4. The van der Waals surface area contributed by atoms with E-state index in [0.29, 0.717) is 18.8 Å². The summed E-state index contributed by atoms with van der Waals surface area (Å²) < 4.78 is 1.75. The first-order valence-corrected chi connectivity index (χ1v) is 5.94. The number of aryl methyl sites for hydroxylation is 1. The van der Waals surface area contributed by atoms with Gasteiger partial charge in [0.2, 0.25) is 5.82 Å². The van der Waals surface area contributed by atoms with E-state index in [0.717, 1.165) is 5.69 Å². The van der Waals surface area contributed by atoms with Crippen LogP contribution in [0.4, 0.5) is 17.3 Å². The Kier molecular flexibility index (Phi) is 4.11. The molecule has 0 spiro atoms. The number of anilines is 2. The first-order chi connectivity index (χ1) is 9.61. The number of nitrogens with two attached hydrogens (primary N) is 1. The standard InChI is InChI=1S/C11H15N7O2/c1-17-8(5-7-14-17)4-6-13-11-9(18(19)20)2-3-10(15-11)16-12/h2-3,5,7H,4,6,12H2,1H3,(H2,13,15,16). The first-order valence-electron chi connectivity index (χ1n) is 5.94. The molecular formula is C11H15N7O2. The maximum absolute atomic E-state index is 10.9. The first kappa shape index (κ1) is 13.7. The SMILES string of the molecule is Cn1nccc1CCNc1nc(NN)ccc1[N+](=O)[O-]. The van der Waals surface area contributed by atoms with Gasteiger partial charge < -0.3 is 10.7 Å². The zero-order valence-corrected chi connectivity index (χ0v) is 10.9. The third-order valence-corrected chi connectivity index (χ3v) is 2.81. The molecule has 2 rings (SSSR count). The van der Waals surface area contributed by atoms with Gasteiger partial charge in [-0.15, -0.1) is 0 Å². The van der Waals surface area contributed by atoms with Gasteiger partial charge in [0.15, 0.2) is 0 Å². The summed E-state index contributed by atoms with van der Waals surface area (Å²) in [4.78, 5) is 14.5. The number of hydrazine groups is 1. The Morgan fingerprint density at radius 2 is 2.25 bits per heavy atom. The van der Waals surface area contributed by atoms with Crippen LogP contribution in [0.2, 0.25) is 0 Å². The van der Waals surface area contributed by atoms with E-state index in [1.807, 2.05) is 13.1 Å². The average Bonchev–Trinajstić information content (AvgIpc) is 2.84. The number of pyridine rings is 1. The van der Waals surface area contributed by atoms with Gasteiger partial charge in [-0.1, -0.05) is 0 Å². The second-order valence-corrected chi connectivity index (χ2v) is 4.09. The molecule has 9 nitrogen and oxygen atoms in total. The quantitative estimate of drug-likeness (QED) is 0.402. The lowest BCUT2D eigenvalue weighted by Crippen LogP contribution is -2.13. The molecule has 0 bridgehead atoms. The van der Waals surface area contributed by atoms with Crippen molar-refractivity contribution < 1.29 is 4.92 Å². The van der Waals surface area contributed by atoms with Crippen molar-refractivity contribution in [2.75, 3.05) is 17.3 Å². The van der Waals surface area contributed by atoms with Gasteiger partial charge in [-0.3, -0.25) is 14.8 Å². The molecule has 2 aromatic heterocycles. The Hall–Kier alpha value is -2.68. The molecule has 0 radical (unpaired) electrons. The van der Waals surface area contributed by atoms with Gasteiger partial charge in [0.25, 0.3) is 0 Å². The number of hydrogen-bond donors (Lipinski definition) is 3. The summed E-state index contributed by atoms with van der Waals surface area (Å²) in [5, 5.41) is 17.9. The predicted octanol–water partition coefficient (Wildman–Crippen LogP) is 0.663. The highest BCUT2D eigenvalue weighted by Crippen LogP contribution is 2.23. The van der Waals surface area contributed by atoms with Gasteiger partial charge in [0, 0.05) is 38.0 Å². The molecule has 4 N–H and O–H groups in total. The summed E-state index contributed by atoms with van der Waals surface area (Å²) in [6.45, 7) is 0.501. The van der Waals surface area contributed by atoms with Gasteiger partial charge >= 0.3 is 5.69 Å². The smallest absolute Gasteiger partial charge is 0.311 e. The molecule has 0 amide bonds. The molecule has 0 unspecified atom stereocenters. The van der Waals surface area contributed by atoms with E-state index in [1.165, 1.54) is 12.1 Å². The summed E-state index contributed by atoms with van der Waals surface area (Å²) in [6.07, 6.45) is 2.38. The Bertz CT molecular complexity index is 611. The van der Waals surface area contributed by atoms with Crippen molar-refractivity contribution in [1.82, 2.24) is 14.8 Å². The largest absolute Gasteiger partial charge is 0.364 e. The summed E-state index contributed by atoms with van der Waals surface area (Å²) >= 11 is 0. The van der Waals surface area contributed by atoms with E-state index in [2.05, 4.69) is 20.8 Å². The summed E-state index contributed by atoms with van der Waals surface area (Å²) in [6, 6.07) is 4.69. The van der Waals surface area contributed by atoms with Crippen LogP contribution in [0, 0.1) is 10.1 Å². The molecule has 0 saturated carbocycles. The highest BCUT2D eigenvalue weighted by atomic mass is 16.6. The zero-order chi connectivity index (χ0) is 14.5. The normalized spacial score (nSPS) is 10.3. The fraction of sp³-hybridized carbons (Fsp3) is 0.273. The van der Waals surface area contributed by atoms with Crippen molar-refractivity contribution in [3.8, 4) is 0 Å². The lowest BCUT2D eigenvalue weighted by atomic mass is 10.3. The monoisotopic (exact) mass is 277 g/mol. The van der Waals surface area contributed by atoms with Crippen LogP contribution in [-0.2, 0) is 13.5 Å². The van der Waals surface area contributed by atoms with Gasteiger partial charge in [0.05, 0.1) is 4.92 Å². The Labute approximate surface area is 114 Å². The number of nitrogen functional groups attached to an aromatic ring is 1. The van der Waals surface area contributed by atoms with Gasteiger partial charge in [-0.2, -0.15) is 5.10 Å². The highest BCUT2D eigenvalue weighted by Gasteiger charge is 2.15. The lowest BCUT2D eigenvalue weighted by Gasteiger charge is -2.08. The van der Waals surface area contributed by atoms with Crippen LogP contribution in [0.3, 0.4) is 0 Å². The Balaban J connectivity index is 2.07. The molecule has 0 aliphatic rings. The average molecular weight is 277 g/mol. The van der Waals surface area contributed by atoms with Crippen molar-refractivity contribution in [1.29, 1.82) is 0 Å². The third kappa shape index (κ3) is 3.01. The van der Waals surface area contributed by atoms with E-state index in [9.17, 15) is 10.1 Å². The number of hydrogen-bond acceptors (Lipinski definition) is 7. The predicted molar refractivity (Wildman–Crippen MR) is 74.1 cm³/mol. The molecule has 0 aromatic carbocycles. The van der Waals surface area contributed by atoms with Crippen LogP contribution in [0.1, 0.15) is 5.69 Å². The second kappa shape index (κ2) is 5.97. The highest BCUT2D eigenvalue weighted by molar-refractivity contribution is 5.59. The van der Waals surface area contributed by atoms with Crippen molar-refractivity contribution in [3.63, 3.8) is 0 Å². The topological polar surface area (TPSA) is 124 Å². The minimum atomic E-state index is -0.486. The van der Waals surface area contributed by atoms with Crippen LogP contribution in [-0.4, -0.2) is 26.2 Å². The molecule has 20 heavy (non-hydrogen) atoms.